The third-order valence-corrected chi connectivity index (χ3v) is 5.63. The molecule has 0 unspecified atom stereocenters. The average molecular weight is 408 g/mol. The van der Waals surface area contributed by atoms with Gasteiger partial charge in [0.05, 0.1) is 10.6 Å². The van der Waals surface area contributed by atoms with Gasteiger partial charge in [0.25, 0.3) is 10.0 Å². The first-order valence-electron chi connectivity index (χ1n) is 9.16. The molecule has 0 bridgehead atoms. The first-order chi connectivity index (χ1) is 13.2. The molecule has 0 saturated heterocycles. The van der Waals surface area contributed by atoms with Gasteiger partial charge in [-0.2, -0.15) is 0 Å². The first-order valence-corrected chi connectivity index (χ1v) is 10.6. The fourth-order valence-corrected chi connectivity index (χ4v) is 4.29. The number of carbonyl (C=O) groups is 1. The molecule has 2 aromatic heterocycles. The van der Waals surface area contributed by atoms with Crippen LogP contribution in [0.4, 0.5) is 0 Å². The fourth-order valence-electron chi connectivity index (χ4n) is 2.85. The van der Waals surface area contributed by atoms with Crippen LogP contribution in [0.1, 0.15) is 43.7 Å². The number of hydrogen-bond donors (Lipinski definition) is 1. The van der Waals surface area contributed by atoms with Gasteiger partial charge in [0.15, 0.2) is 11.9 Å². The summed E-state index contributed by atoms with van der Waals surface area (Å²) in [5.74, 6) is 0. The molecular formula is C21H27LiN3O3S. The molecule has 3 rings (SSSR count). The monoisotopic (exact) mass is 408 g/mol. The van der Waals surface area contributed by atoms with Crippen molar-refractivity contribution in [3.63, 3.8) is 0 Å². The van der Waals surface area contributed by atoms with Gasteiger partial charge in [-0.15, -0.1) is 0 Å². The van der Waals surface area contributed by atoms with Gasteiger partial charge in [0, 0.05) is 42.5 Å². The SMILES string of the molecule is CC(C)NC(C)C.Cc1ccc(S(=O)(=O)n2c(C=O)cc3cccnc32)cc1.[Li]. The van der Waals surface area contributed by atoms with E-state index in [1.807, 2.05) is 6.92 Å². The molecule has 0 saturated carbocycles. The third-order valence-electron chi connectivity index (χ3n) is 3.89. The predicted octanol–water partition coefficient (Wildman–Crippen LogP) is 3.41. The summed E-state index contributed by atoms with van der Waals surface area (Å²) in [6, 6.07) is 12.7. The molecule has 0 aliphatic carbocycles. The largest absolute Gasteiger partial charge is 0.312 e. The Morgan fingerprint density at radius 1 is 1.03 bits per heavy atom. The molecule has 3 aromatic rings. The normalized spacial score (nSPS) is 11.1. The Bertz CT molecular complexity index is 1040. The number of rotatable bonds is 5. The van der Waals surface area contributed by atoms with Crippen LogP contribution in [0.5, 0.6) is 0 Å². The van der Waals surface area contributed by atoms with E-state index in [-0.39, 0.29) is 35.1 Å². The number of pyridine rings is 1. The molecule has 29 heavy (non-hydrogen) atoms. The van der Waals surface area contributed by atoms with Crippen LogP contribution in [0.25, 0.3) is 11.0 Å². The number of fused-ring (bicyclic) bond motifs is 1. The van der Waals surface area contributed by atoms with Crippen LogP contribution in [0.15, 0.2) is 53.6 Å². The molecule has 8 heteroatoms. The Hall–Kier alpha value is -1.91. The van der Waals surface area contributed by atoms with Crippen LogP contribution < -0.4 is 5.32 Å². The van der Waals surface area contributed by atoms with Crippen molar-refractivity contribution in [1.82, 2.24) is 14.3 Å². The zero-order chi connectivity index (χ0) is 20.9. The van der Waals surface area contributed by atoms with Gasteiger partial charge < -0.3 is 5.32 Å². The molecule has 0 spiro atoms. The number of hydrogen-bond acceptors (Lipinski definition) is 5. The maximum atomic E-state index is 12.8. The minimum atomic E-state index is -3.86. The van der Waals surface area contributed by atoms with Crippen LogP contribution in [0.2, 0.25) is 0 Å². The average Bonchev–Trinajstić information content (AvgIpc) is 3.01. The van der Waals surface area contributed by atoms with E-state index in [1.165, 1.54) is 24.4 Å². The molecule has 0 aliphatic rings. The molecule has 151 valence electrons. The van der Waals surface area contributed by atoms with Crippen molar-refractivity contribution in [2.45, 2.75) is 51.6 Å². The number of carbonyl (C=O) groups excluding carboxylic acids is 1. The van der Waals surface area contributed by atoms with E-state index in [0.29, 0.717) is 23.8 Å². The number of aldehydes is 1. The second kappa shape index (κ2) is 10.7. The Labute approximate surface area is 185 Å². The van der Waals surface area contributed by atoms with Crippen molar-refractivity contribution in [3.05, 3.63) is 59.9 Å². The van der Waals surface area contributed by atoms with E-state index in [4.69, 9.17) is 0 Å². The van der Waals surface area contributed by atoms with Crippen LogP contribution in [-0.2, 0) is 10.0 Å². The Morgan fingerprint density at radius 2 is 1.62 bits per heavy atom. The molecule has 0 aliphatic heterocycles. The van der Waals surface area contributed by atoms with E-state index in [0.717, 1.165) is 9.54 Å². The third kappa shape index (κ3) is 6.28. The number of nitrogens with one attached hydrogen (secondary N) is 1. The molecule has 6 nitrogen and oxygen atoms in total. The molecular weight excluding hydrogens is 381 g/mol. The summed E-state index contributed by atoms with van der Waals surface area (Å²) >= 11 is 0. The van der Waals surface area contributed by atoms with Crippen LogP contribution in [0.3, 0.4) is 0 Å². The molecule has 2 heterocycles. The van der Waals surface area contributed by atoms with Crippen molar-refractivity contribution in [2.24, 2.45) is 0 Å². The fraction of sp³-hybridized carbons (Fsp3) is 0.333. The zero-order valence-electron chi connectivity index (χ0n) is 17.9. The van der Waals surface area contributed by atoms with E-state index < -0.39 is 10.0 Å². The molecule has 1 N–H and O–H groups in total. The van der Waals surface area contributed by atoms with Crippen molar-refractivity contribution >= 4 is 46.2 Å². The van der Waals surface area contributed by atoms with Crippen LogP contribution >= 0.6 is 0 Å². The van der Waals surface area contributed by atoms with E-state index in [1.54, 1.807) is 24.3 Å². The van der Waals surface area contributed by atoms with Gasteiger partial charge in [-0.3, -0.25) is 4.79 Å². The number of benzene rings is 1. The van der Waals surface area contributed by atoms with Gasteiger partial charge in [-0.05, 0) is 37.3 Å². The number of aryl methyl sites for hydroxylation is 1. The second-order valence-electron chi connectivity index (χ2n) is 7.16. The molecule has 0 amide bonds. The summed E-state index contributed by atoms with van der Waals surface area (Å²) < 4.78 is 26.5. The predicted molar refractivity (Wildman–Crippen MR) is 118 cm³/mol. The van der Waals surface area contributed by atoms with E-state index in [9.17, 15) is 13.2 Å². The van der Waals surface area contributed by atoms with Gasteiger partial charge in [-0.25, -0.2) is 17.4 Å². The van der Waals surface area contributed by atoms with Crippen LogP contribution in [-0.4, -0.2) is 54.6 Å². The van der Waals surface area contributed by atoms with Gasteiger partial charge in [-0.1, -0.05) is 45.4 Å². The molecule has 0 atom stereocenters. The molecule has 0 fully saturated rings. The minimum Gasteiger partial charge on any atom is -0.312 e. The molecule has 1 radical (unpaired) electrons. The number of aromatic nitrogens is 2. The first kappa shape index (κ1) is 25.1. The van der Waals surface area contributed by atoms with E-state index >= 15 is 0 Å². The van der Waals surface area contributed by atoms with Crippen molar-refractivity contribution < 1.29 is 13.2 Å². The summed E-state index contributed by atoms with van der Waals surface area (Å²) in [6.45, 7) is 10.5. The summed E-state index contributed by atoms with van der Waals surface area (Å²) in [4.78, 5) is 15.4. The van der Waals surface area contributed by atoms with Crippen molar-refractivity contribution in [1.29, 1.82) is 0 Å². The summed E-state index contributed by atoms with van der Waals surface area (Å²) in [7, 11) is -3.86. The van der Waals surface area contributed by atoms with Gasteiger partial charge in [0.1, 0.15) is 0 Å². The maximum absolute atomic E-state index is 12.8. The summed E-state index contributed by atoms with van der Waals surface area (Å²) in [5.41, 5.74) is 1.27. The Morgan fingerprint density at radius 3 is 2.10 bits per heavy atom. The Kier molecular flexibility index (Phi) is 9.31. The van der Waals surface area contributed by atoms with Crippen molar-refractivity contribution in [3.8, 4) is 0 Å². The zero-order valence-corrected chi connectivity index (χ0v) is 18.7. The van der Waals surface area contributed by atoms with Crippen LogP contribution in [0, 0.1) is 6.92 Å². The van der Waals surface area contributed by atoms with Gasteiger partial charge in [0.2, 0.25) is 0 Å². The van der Waals surface area contributed by atoms with E-state index in [2.05, 4.69) is 38.0 Å². The summed E-state index contributed by atoms with van der Waals surface area (Å²) in [6.07, 6.45) is 2.02. The quantitative estimate of drug-likeness (QED) is 0.517. The topological polar surface area (TPSA) is 81.1 Å². The van der Waals surface area contributed by atoms with Gasteiger partial charge >= 0.3 is 0 Å². The van der Waals surface area contributed by atoms with Crippen molar-refractivity contribution in [2.75, 3.05) is 0 Å². The summed E-state index contributed by atoms with van der Waals surface area (Å²) in [5, 5.41) is 3.91. The smallest absolute Gasteiger partial charge is 0.270 e. The second-order valence-corrected chi connectivity index (χ2v) is 8.95. The molecule has 1 aromatic carbocycles. The maximum Gasteiger partial charge on any atom is 0.270 e. The number of nitrogens with zero attached hydrogens (tertiary/aromatic N) is 2. The minimum absolute atomic E-state index is 0. The Balaban J connectivity index is 0.000000456. The standard InChI is InChI=1S/C15H12N2O3S.C6H15N.Li/c1-11-4-6-14(7-5-11)21(19,20)17-13(10-18)9-12-3-2-8-16-15(12)17;1-5(2)7-6(3)4;/h2-10H,1H3;5-7H,1-4H3;.